The first-order chi connectivity index (χ1) is 15.4. The molecule has 6 nitrogen and oxygen atoms in total. The summed E-state index contributed by atoms with van der Waals surface area (Å²) in [7, 11) is 0. The molecule has 0 spiro atoms. The van der Waals surface area contributed by atoms with Crippen LogP contribution in [0, 0.1) is 25.5 Å². The van der Waals surface area contributed by atoms with Gasteiger partial charge in [0, 0.05) is 49.5 Å². The standard InChI is InChI=1S/C24H25F2N5O/c1-16-22(14-18-5-3-6-19(25)13-18)23(28-17(2)27-16)30-9-11-31(12-10-30)24(32)29-21-8-4-7-20(26)15-21/h3-8,13,15H,9-12,14H2,1-2H3,(H,29,32). The fraction of sp³-hybridized carbons (Fsp3) is 0.292. The van der Waals surface area contributed by atoms with E-state index in [1.807, 2.05) is 19.9 Å². The van der Waals surface area contributed by atoms with Crippen LogP contribution in [-0.2, 0) is 6.42 Å². The highest BCUT2D eigenvalue weighted by atomic mass is 19.1. The van der Waals surface area contributed by atoms with Crippen molar-refractivity contribution in [2.24, 2.45) is 0 Å². The third kappa shape index (κ3) is 5.01. The van der Waals surface area contributed by atoms with Crippen LogP contribution in [-0.4, -0.2) is 47.1 Å². The summed E-state index contributed by atoms with van der Waals surface area (Å²) in [5.41, 5.74) is 3.11. The van der Waals surface area contributed by atoms with E-state index in [9.17, 15) is 13.6 Å². The summed E-state index contributed by atoms with van der Waals surface area (Å²) in [5, 5.41) is 2.74. The molecule has 1 N–H and O–H groups in total. The van der Waals surface area contributed by atoms with E-state index in [0.717, 1.165) is 22.6 Å². The van der Waals surface area contributed by atoms with E-state index >= 15 is 0 Å². The maximum atomic E-state index is 13.7. The lowest BCUT2D eigenvalue weighted by atomic mass is 10.0. The van der Waals surface area contributed by atoms with E-state index in [1.54, 1.807) is 23.1 Å². The summed E-state index contributed by atoms with van der Waals surface area (Å²) < 4.78 is 27.1. The Morgan fingerprint density at radius 3 is 2.34 bits per heavy atom. The van der Waals surface area contributed by atoms with Crippen molar-refractivity contribution in [3.63, 3.8) is 0 Å². The number of hydrogen-bond donors (Lipinski definition) is 1. The van der Waals surface area contributed by atoms with Crippen molar-refractivity contribution in [2.45, 2.75) is 20.3 Å². The van der Waals surface area contributed by atoms with Gasteiger partial charge >= 0.3 is 6.03 Å². The zero-order valence-electron chi connectivity index (χ0n) is 18.1. The van der Waals surface area contributed by atoms with Crippen molar-refractivity contribution in [2.75, 3.05) is 36.4 Å². The average molecular weight is 437 g/mol. The molecule has 0 saturated carbocycles. The Morgan fingerprint density at radius 2 is 1.66 bits per heavy atom. The number of aromatic nitrogens is 2. The number of urea groups is 1. The molecular formula is C24H25F2N5O. The first-order valence-electron chi connectivity index (χ1n) is 10.5. The molecular weight excluding hydrogens is 412 g/mol. The molecule has 32 heavy (non-hydrogen) atoms. The molecule has 0 radical (unpaired) electrons. The molecule has 0 unspecified atom stereocenters. The van der Waals surface area contributed by atoms with Gasteiger partial charge in [-0.2, -0.15) is 0 Å². The normalized spacial score (nSPS) is 13.9. The highest BCUT2D eigenvalue weighted by Crippen LogP contribution is 2.25. The smallest absolute Gasteiger partial charge is 0.321 e. The number of aryl methyl sites for hydroxylation is 2. The van der Waals surface area contributed by atoms with E-state index < -0.39 is 5.82 Å². The Labute approximate surface area is 185 Å². The third-order valence-electron chi connectivity index (χ3n) is 5.52. The minimum Gasteiger partial charge on any atom is -0.353 e. The lowest BCUT2D eigenvalue weighted by molar-refractivity contribution is 0.208. The van der Waals surface area contributed by atoms with E-state index in [0.29, 0.717) is 44.1 Å². The van der Waals surface area contributed by atoms with Crippen LogP contribution in [0.15, 0.2) is 48.5 Å². The van der Waals surface area contributed by atoms with Crippen LogP contribution in [0.5, 0.6) is 0 Å². The third-order valence-corrected chi connectivity index (χ3v) is 5.52. The molecule has 0 aliphatic carbocycles. The number of rotatable bonds is 4. The maximum absolute atomic E-state index is 13.7. The maximum Gasteiger partial charge on any atom is 0.321 e. The topological polar surface area (TPSA) is 61.4 Å². The fourth-order valence-electron chi connectivity index (χ4n) is 3.93. The Morgan fingerprint density at radius 1 is 0.969 bits per heavy atom. The van der Waals surface area contributed by atoms with Crippen LogP contribution in [0.25, 0.3) is 0 Å². The van der Waals surface area contributed by atoms with Crippen molar-refractivity contribution in [1.82, 2.24) is 14.9 Å². The highest BCUT2D eigenvalue weighted by molar-refractivity contribution is 5.89. The quantitative estimate of drug-likeness (QED) is 0.661. The molecule has 166 valence electrons. The second kappa shape index (κ2) is 9.30. The second-order valence-electron chi connectivity index (χ2n) is 7.88. The van der Waals surface area contributed by atoms with Gasteiger partial charge in [-0.05, 0) is 49.7 Å². The number of piperazine rings is 1. The number of hydrogen-bond acceptors (Lipinski definition) is 4. The van der Waals surface area contributed by atoms with E-state index in [1.165, 1.54) is 24.3 Å². The fourth-order valence-corrected chi connectivity index (χ4v) is 3.93. The predicted octanol–water partition coefficient (Wildman–Crippen LogP) is 4.32. The summed E-state index contributed by atoms with van der Waals surface area (Å²) in [6, 6.07) is 12.1. The van der Waals surface area contributed by atoms with Gasteiger partial charge in [-0.15, -0.1) is 0 Å². The van der Waals surface area contributed by atoms with Gasteiger partial charge in [0.25, 0.3) is 0 Å². The van der Waals surface area contributed by atoms with Crippen LogP contribution in [0.1, 0.15) is 22.6 Å². The van der Waals surface area contributed by atoms with Gasteiger partial charge < -0.3 is 15.1 Å². The largest absolute Gasteiger partial charge is 0.353 e. The Balaban J connectivity index is 1.47. The number of nitrogens with zero attached hydrogens (tertiary/aromatic N) is 4. The Kier molecular flexibility index (Phi) is 6.30. The van der Waals surface area contributed by atoms with Crippen molar-refractivity contribution in [1.29, 1.82) is 0 Å². The summed E-state index contributed by atoms with van der Waals surface area (Å²) in [4.78, 5) is 25.6. The molecule has 1 aromatic heterocycles. The number of benzene rings is 2. The monoisotopic (exact) mass is 437 g/mol. The lowest BCUT2D eigenvalue weighted by Gasteiger charge is -2.36. The van der Waals surface area contributed by atoms with E-state index in [-0.39, 0.29) is 11.8 Å². The molecule has 2 amide bonds. The van der Waals surface area contributed by atoms with E-state index in [2.05, 4.69) is 20.2 Å². The molecule has 3 aromatic rings. The van der Waals surface area contributed by atoms with Crippen LogP contribution in [0.2, 0.25) is 0 Å². The summed E-state index contributed by atoms with van der Waals surface area (Å²) >= 11 is 0. The van der Waals surface area contributed by atoms with Crippen LogP contribution in [0.3, 0.4) is 0 Å². The summed E-state index contributed by atoms with van der Waals surface area (Å²) in [6.45, 7) is 6.00. The molecule has 8 heteroatoms. The molecule has 4 rings (SSSR count). The molecule has 1 fully saturated rings. The van der Waals surface area contributed by atoms with Crippen LogP contribution < -0.4 is 10.2 Å². The minimum absolute atomic E-state index is 0.259. The highest BCUT2D eigenvalue weighted by Gasteiger charge is 2.25. The molecule has 1 saturated heterocycles. The van der Waals surface area contributed by atoms with Crippen molar-refractivity contribution >= 4 is 17.5 Å². The zero-order valence-corrected chi connectivity index (χ0v) is 18.1. The Bertz CT molecular complexity index is 1130. The number of anilines is 2. The van der Waals surface area contributed by atoms with Crippen molar-refractivity contribution in [3.8, 4) is 0 Å². The van der Waals surface area contributed by atoms with Crippen LogP contribution >= 0.6 is 0 Å². The van der Waals surface area contributed by atoms with Gasteiger partial charge in [-0.3, -0.25) is 0 Å². The van der Waals surface area contributed by atoms with E-state index in [4.69, 9.17) is 0 Å². The minimum atomic E-state index is -0.395. The summed E-state index contributed by atoms with van der Waals surface area (Å²) in [5.74, 6) is 0.830. The van der Waals surface area contributed by atoms with Crippen LogP contribution in [0.4, 0.5) is 25.1 Å². The van der Waals surface area contributed by atoms with Gasteiger partial charge in [0.1, 0.15) is 23.3 Å². The number of carbonyl (C=O) groups excluding carboxylic acids is 1. The first kappa shape index (κ1) is 21.7. The van der Waals surface area contributed by atoms with Gasteiger partial charge in [-0.1, -0.05) is 18.2 Å². The number of amides is 2. The van der Waals surface area contributed by atoms with Crippen molar-refractivity contribution < 1.29 is 13.6 Å². The molecule has 0 atom stereocenters. The zero-order chi connectivity index (χ0) is 22.7. The molecule has 0 bridgehead atoms. The number of carbonyl (C=O) groups is 1. The van der Waals surface area contributed by atoms with Gasteiger partial charge in [0.05, 0.1) is 0 Å². The van der Waals surface area contributed by atoms with Gasteiger partial charge in [0.15, 0.2) is 0 Å². The lowest BCUT2D eigenvalue weighted by Crippen LogP contribution is -2.50. The SMILES string of the molecule is Cc1nc(C)c(Cc2cccc(F)c2)c(N2CCN(C(=O)Nc3cccc(F)c3)CC2)n1. The second-order valence-corrected chi connectivity index (χ2v) is 7.88. The Hall–Kier alpha value is -3.55. The molecule has 1 aliphatic heterocycles. The number of halogens is 2. The molecule has 2 aromatic carbocycles. The number of nitrogens with one attached hydrogen (secondary N) is 1. The summed E-state index contributed by atoms with van der Waals surface area (Å²) in [6.07, 6.45) is 0.527. The van der Waals surface area contributed by atoms with Gasteiger partial charge in [0.2, 0.25) is 0 Å². The predicted molar refractivity (Wildman–Crippen MR) is 120 cm³/mol. The molecule has 2 heterocycles. The van der Waals surface area contributed by atoms with Crippen molar-refractivity contribution in [3.05, 3.63) is 82.8 Å². The average Bonchev–Trinajstić information content (AvgIpc) is 2.75. The molecule has 1 aliphatic rings. The first-order valence-corrected chi connectivity index (χ1v) is 10.5. The van der Waals surface area contributed by atoms with Gasteiger partial charge in [-0.25, -0.2) is 23.5 Å².